The smallest absolute Gasteiger partial charge is 0.338 e. The molecule has 1 heterocycles. The minimum atomic E-state index is -1.13. The minimum Gasteiger partial charge on any atom is -0.480 e. The van der Waals surface area contributed by atoms with Crippen LogP contribution in [0, 0.1) is 0 Å². The number of rotatable bonds is 5. The van der Waals surface area contributed by atoms with Gasteiger partial charge in [0.2, 0.25) is 0 Å². The van der Waals surface area contributed by atoms with E-state index in [1.807, 2.05) is 0 Å². The van der Waals surface area contributed by atoms with Gasteiger partial charge in [-0.2, -0.15) is 5.10 Å². The molecule has 2 aromatic rings. The Hall–Kier alpha value is -3.16. The number of hydrogen-bond donors (Lipinski definition) is 3. The normalized spacial score (nSPS) is 10.1. The van der Waals surface area contributed by atoms with Gasteiger partial charge in [0.05, 0.1) is 17.4 Å². The zero-order valence-electron chi connectivity index (χ0n) is 10.7. The van der Waals surface area contributed by atoms with Gasteiger partial charge < -0.3 is 15.5 Å². The standard InChI is InChI=1S/C13H11N3O5/c17-11(18)6-14-12(19)8-1-3-10(4-2-8)16-7-9(5-15-16)13(20)21/h1-5,7H,6H2,(H,14,19)(H,17,18)(H,20,21). The van der Waals surface area contributed by atoms with Crippen LogP contribution < -0.4 is 5.32 Å². The Kier molecular flexibility index (Phi) is 3.98. The zero-order valence-corrected chi connectivity index (χ0v) is 10.7. The van der Waals surface area contributed by atoms with Crippen LogP contribution in [0.3, 0.4) is 0 Å². The summed E-state index contributed by atoms with van der Waals surface area (Å²) in [5, 5.41) is 23.4. The van der Waals surface area contributed by atoms with Crippen molar-refractivity contribution in [2.45, 2.75) is 0 Å². The van der Waals surface area contributed by atoms with Crippen LogP contribution in [0.2, 0.25) is 0 Å². The van der Waals surface area contributed by atoms with Crippen molar-refractivity contribution in [3.8, 4) is 5.69 Å². The molecule has 0 aliphatic carbocycles. The van der Waals surface area contributed by atoms with Crippen LogP contribution in [0.25, 0.3) is 5.69 Å². The minimum absolute atomic E-state index is 0.0540. The Bertz CT molecular complexity index is 690. The molecule has 0 aliphatic heterocycles. The number of carboxylic acids is 2. The van der Waals surface area contributed by atoms with E-state index in [4.69, 9.17) is 10.2 Å². The van der Waals surface area contributed by atoms with Gasteiger partial charge in [-0.3, -0.25) is 9.59 Å². The first-order chi connectivity index (χ1) is 9.97. The molecule has 0 bridgehead atoms. The van der Waals surface area contributed by atoms with Crippen molar-refractivity contribution in [2.24, 2.45) is 0 Å². The van der Waals surface area contributed by atoms with E-state index < -0.39 is 24.4 Å². The summed E-state index contributed by atoms with van der Waals surface area (Å²) >= 11 is 0. The summed E-state index contributed by atoms with van der Waals surface area (Å²) in [6.45, 7) is -0.457. The second kappa shape index (κ2) is 5.87. The van der Waals surface area contributed by atoms with Crippen LogP contribution in [0.5, 0.6) is 0 Å². The lowest BCUT2D eigenvalue weighted by molar-refractivity contribution is -0.135. The third kappa shape index (κ3) is 3.44. The number of hydrogen-bond acceptors (Lipinski definition) is 4. The molecule has 0 unspecified atom stereocenters. The molecule has 1 aromatic heterocycles. The molecule has 1 aromatic carbocycles. The highest BCUT2D eigenvalue weighted by molar-refractivity contribution is 5.95. The largest absolute Gasteiger partial charge is 0.480 e. The number of amides is 1. The molecule has 0 spiro atoms. The molecule has 0 saturated carbocycles. The lowest BCUT2D eigenvalue weighted by Gasteiger charge is -2.04. The van der Waals surface area contributed by atoms with Gasteiger partial charge in [0.25, 0.3) is 5.91 Å². The Morgan fingerprint density at radius 1 is 1.10 bits per heavy atom. The number of carbonyl (C=O) groups is 3. The summed E-state index contributed by atoms with van der Waals surface area (Å²) in [4.78, 5) is 32.7. The summed E-state index contributed by atoms with van der Waals surface area (Å²) in [7, 11) is 0. The predicted molar refractivity (Wildman–Crippen MR) is 70.5 cm³/mol. The Morgan fingerprint density at radius 3 is 2.29 bits per heavy atom. The number of carbonyl (C=O) groups excluding carboxylic acids is 1. The van der Waals surface area contributed by atoms with E-state index in [9.17, 15) is 14.4 Å². The molecule has 3 N–H and O–H groups in total. The molecule has 8 heteroatoms. The number of nitrogens with one attached hydrogen (secondary N) is 1. The van der Waals surface area contributed by atoms with E-state index in [0.717, 1.165) is 0 Å². The van der Waals surface area contributed by atoms with Crippen LogP contribution >= 0.6 is 0 Å². The molecule has 0 saturated heterocycles. The summed E-state index contributed by atoms with van der Waals surface area (Å²) < 4.78 is 1.36. The molecule has 0 radical (unpaired) electrons. The van der Waals surface area contributed by atoms with Crippen LogP contribution in [-0.2, 0) is 4.79 Å². The van der Waals surface area contributed by atoms with Crippen LogP contribution in [-0.4, -0.2) is 44.4 Å². The topological polar surface area (TPSA) is 122 Å². The number of aromatic carboxylic acids is 1. The van der Waals surface area contributed by atoms with Gasteiger partial charge in [-0.15, -0.1) is 0 Å². The molecule has 0 fully saturated rings. The maximum atomic E-state index is 11.6. The summed E-state index contributed by atoms with van der Waals surface area (Å²) in [5.41, 5.74) is 0.932. The monoisotopic (exact) mass is 289 g/mol. The third-order valence-electron chi connectivity index (χ3n) is 2.62. The zero-order chi connectivity index (χ0) is 15.4. The number of nitrogens with zero attached hydrogens (tertiary/aromatic N) is 2. The van der Waals surface area contributed by atoms with E-state index in [-0.39, 0.29) is 5.56 Å². The first kappa shape index (κ1) is 14.3. The maximum Gasteiger partial charge on any atom is 0.338 e. The highest BCUT2D eigenvalue weighted by Crippen LogP contribution is 2.10. The van der Waals surface area contributed by atoms with Crippen molar-refractivity contribution < 1.29 is 24.6 Å². The molecular formula is C13H11N3O5. The van der Waals surface area contributed by atoms with Gasteiger partial charge in [0.1, 0.15) is 6.54 Å². The average molecular weight is 289 g/mol. The van der Waals surface area contributed by atoms with E-state index in [2.05, 4.69) is 10.4 Å². The Balaban J connectivity index is 2.12. The summed E-state index contributed by atoms with van der Waals surface area (Å²) in [6.07, 6.45) is 2.57. The van der Waals surface area contributed by atoms with Crippen LogP contribution in [0.15, 0.2) is 36.7 Å². The molecule has 0 atom stereocenters. The number of aliphatic carboxylic acids is 1. The fourth-order valence-corrected chi connectivity index (χ4v) is 1.60. The van der Waals surface area contributed by atoms with Gasteiger partial charge in [-0.05, 0) is 24.3 Å². The van der Waals surface area contributed by atoms with E-state index in [0.29, 0.717) is 11.3 Å². The lowest BCUT2D eigenvalue weighted by Crippen LogP contribution is -2.29. The molecule has 21 heavy (non-hydrogen) atoms. The molecule has 2 rings (SSSR count). The second-order valence-corrected chi connectivity index (χ2v) is 4.10. The lowest BCUT2D eigenvalue weighted by atomic mass is 10.2. The Labute approximate surface area is 118 Å². The predicted octanol–water partition coefficient (Wildman–Crippen LogP) is 0.385. The van der Waals surface area contributed by atoms with Crippen molar-refractivity contribution in [1.29, 1.82) is 0 Å². The third-order valence-corrected chi connectivity index (χ3v) is 2.62. The van der Waals surface area contributed by atoms with Crippen molar-refractivity contribution in [2.75, 3.05) is 6.54 Å². The second-order valence-electron chi connectivity index (χ2n) is 4.10. The van der Waals surface area contributed by atoms with E-state index in [1.54, 1.807) is 12.1 Å². The summed E-state index contributed by atoms with van der Waals surface area (Å²) in [6, 6.07) is 6.14. The Morgan fingerprint density at radius 2 is 1.76 bits per heavy atom. The number of carboxylic acid groups (broad SMARTS) is 2. The highest BCUT2D eigenvalue weighted by Gasteiger charge is 2.09. The van der Waals surface area contributed by atoms with Crippen molar-refractivity contribution in [3.63, 3.8) is 0 Å². The average Bonchev–Trinajstić information content (AvgIpc) is 2.95. The molecular weight excluding hydrogens is 278 g/mol. The van der Waals surface area contributed by atoms with E-state index >= 15 is 0 Å². The van der Waals surface area contributed by atoms with Crippen LogP contribution in [0.1, 0.15) is 20.7 Å². The van der Waals surface area contributed by atoms with Crippen molar-refractivity contribution in [1.82, 2.24) is 15.1 Å². The molecule has 108 valence electrons. The number of aromatic nitrogens is 2. The van der Waals surface area contributed by atoms with E-state index in [1.165, 1.54) is 29.2 Å². The number of benzene rings is 1. The van der Waals surface area contributed by atoms with Crippen LogP contribution in [0.4, 0.5) is 0 Å². The molecule has 1 amide bonds. The fourth-order valence-electron chi connectivity index (χ4n) is 1.60. The fraction of sp³-hybridized carbons (Fsp3) is 0.0769. The van der Waals surface area contributed by atoms with Gasteiger partial charge in [-0.1, -0.05) is 0 Å². The quantitative estimate of drug-likeness (QED) is 0.731. The van der Waals surface area contributed by atoms with Gasteiger partial charge in [-0.25, -0.2) is 9.48 Å². The van der Waals surface area contributed by atoms with Gasteiger partial charge >= 0.3 is 11.9 Å². The summed E-state index contributed by atoms with van der Waals surface area (Å²) in [5.74, 6) is -2.71. The highest BCUT2D eigenvalue weighted by atomic mass is 16.4. The maximum absolute atomic E-state index is 11.6. The first-order valence-corrected chi connectivity index (χ1v) is 5.86. The van der Waals surface area contributed by atoms with Crippen molar-refractivity contribution in [3.05, 3.63) is 47.8 Å². The van der Waals surface area contributed by atoms with Gasteiger partial charge in [0.15, 0.2) is 0 Å². The SMILES string of the molecule is O=C(O)CNC(=O)c1ccc(-n2cc(C(=O)O)cn2)cc1. The molecule has 8 nitrogen and oxygen atoms in total. The first-order valence-electron chi connectivity index (χ1n) is 5.86. The molecule has 0 aliphatic rings. The van der Waals surface area contributed by atoms with Gasteiger partial charge in [0, 0.05) is 11.8 Å². The van der Waals surface area contributed by atoms with Crippen molar-refractivity contribution >= 4 is 17.8 Å².